The van der Waals surface area contributed by atoms with Gasteiger partial charge >= 0.3 is 5.97 Å². The lowest BCUT2D eigenvalue weighted by atomic mass is 10.1. The van der Waals surface area contributed by atoms with E-state index in [4.69, 9.17) is 0 Å². The Labute approximate surface area is 130 Å². The fourth-order valence-electron chi connectivity index (χ4n) is 2.09. The van der Waals surface area contributed by atoms with Gasteiger partial charge in [0, 0.05) is 4.90 Å². The van der Waals surface area contributed by atoms with Gasteiger partial charge in [-0.3, -0.25) is 4.79 Å². The SMILES string of the molecule is CCc1ccc(C[C@H](Sc2ccc(C)cc2)C(=O)O)cc1. The molecule has 0 unspecified atom stereocenters. The summed E-state index contributed by atoms with van der Waals surface area (Å²) in [6, 6.07) is 16.2. The van der Waals surface area contributed by atoms with Gasteiger partial charge < -0.3 is 5.11 Å². The Balaban J connectivity index is 2.07. The first-order valence-electron chi connectivity index (χ1n) is 7.12. The van der Waals surface area contributed by atoms with Crippen molar-refractivity contribution in [1.82, 2.24) is 0 Å². The molecule has 0 bridgehead atoms. The zero-order valence-corrected chi connectivity index (χ0v) is 13.2. The largest absolute Gasteiger partial charge is 0.480 e. The van der Waals surface area contributed by atoms with Gasteiger partial charge in [0.1, 0.15) is 5.25 Å². The molecule has 110 valence electrons. The van der Waals surface area contributed by atoms with Crippen LogP contribution in [0.3, 0.4) is 0 Å². The number of carboxylic acids is 1. The summed E-state index contributed by atoms with van der Waals surface area (Å²) in [5, 5.41) is 8.97. The average molecular weight is 300 g/mol. The first kappa shape index (κ1) is 15.6. The molecule has 0 aromatic heterocycles. The van der Waals surface area contributed by atoms with E-state index in [1.54, 1.807) is 0 Å². The molecule has 0 heterocycles. The Morgan fingerprint density at radius 1 is 1.05 bits per heavy atom. The maximum Gasteiger partial charge on any atom is 0.317 e. The molecule has 1 atom stereocenters. The maximum atomic E-state index is 11.5. The molecule has 0 aliphatic rings. The third kappa shape index (κ3) is 4.64. The minimum atomic E-state index is -0.764. The van der Waals surface area contributed by atoms with Crippen molar-refractivity contribution >= 4 is 17.7 Å². The molecule has 0 fully saturated rings. The normalized spacial score (nSPS) is 12.1. The molecule has 2 rings (SSSR count). The van der Waals surface area contributed by atoms with E-state index in [9.17, 15) is 9.90 Å². The van der Waals surface area contributed by atoms with Crippen LogP contribution in [-0.2, 0) is 17.6 Å². The van der Waals surface area contributed by atoms with Crippen LogP contribution in [0.4, 0.5) is 0 Å². The Hall–Kier alpha value is -1.74. The Bertz CT molecular complexity index is 588. The van der Waals surface area contributed by atoms with E-state index >= 15 is 0 Å². The van der Waals surface area contributed by atoms with Crippen LogP contribution >= 0.6 is 11.8 Å². The van der Waals surface area contributed by atoms with E-state index in [2.05, 4.69) is 19.1 Å². The molecule has 2 nitrogen and oxygen atoms in total. The second kappa shape index (κ2) is 7.32. The number of hydrogen-bond donors (Lipinski definition) is 1. The van der Waals surface area contributed by atoms with Crippen LogP contribution in [0.5, 0.6) is 0 Å². The molecule has 0 amide bonds. The van der Waals surface area contributed by atoms with Crippen LogP contribution in [-0.4, -0.2) is 16.3 Å². The quantitative estimate of drug-likeness (QED) is 0.806. The van der Waals surface area contributed by atoms with Gasteiger partial charge in [-0.1, -0.05) is 48.9 Å². The van der Waals surface area contributed by atoms with Crippen LogP contribution < -0.4 is 0 Å². The monoisotopic (exact) mass is 300 g/mol. The highest BCUT2D eigenvalue weighted by Crippen LogP contribution is 2.26. The summed E-state index contributed by atoms with van der Waals surface area (Å²) < 4.78 is 0. The van der Waals surface area contributed by atoms with Crippen molar-refractivity contribution in [3.8, 4) is 0 Å². The summed E-state index contributed by atoms with van der Waals surface area (Å²) in [6.45, 7) is 4.14. The summed E-state index contributed by atoms with van der Waals surface area (Å²) >= 11 is 1.41. The number of aryl methyl sites for hydroxylation is 2. The molecule has 0 aliphatic carbocycles. The smallest absolute Gasteiger partial charge is 0.317 e. The fraction of sp³-hybridized carbons (Fsp3) is 0.278. The lowest BCUT2D eigenvalue weighted by Crippen LogP contribution is -2.19. The van der Waals surface area contributed by atoms with Crippen molar-refractivity contribution in [3.63, 3.8) is 0 Å². The van der Waals surface area contributed by atoms with E-state index in [1.807, 2.05) is 43.3 Å². The molecule has 21 heavy (non-hydrogen) atoms. The first-order valence-corrected chi connectivity index (χ1v) is 8.00. The van der Waals surface area contributed by atoms with Crippen molar-refractivity contribution in [2.24, 2.45) is 0 Å². The molecule has 1 N–H and O–H groups in total. The molecule has 0 saturated heterocycles. The van der Waals surface area contributed by atoms with Gasteiger partial charge in [0.2, 0.25) is 0 Å². The van der Waals surface area contributed by atoms with Crippen molar-refractivity contribution in [3.05, 3.63) is 65.2 Å². The molecule has 0 aliphatic heterocycles. The summed E-state index contributed by atoms with van der Waals surface area (Å²) in [5.74, 6) is -0.764. The number of rotatable bonds is 6. The third-order valence-corrected chi connectivity index (χ3v) is 4.62. The molecule has 0 saturated carbocycles. The Morgan fingerprint density at radius 3 is 2.14 bits per heavy atom. The molecule has 2 aromatic carbocycles. The predicted molar refractivity (Wildman–Crippen MR) is 88.0 cm³/mol. The van der Waals surface area contributed by atoms with E-state index in [-0.39, 0.29) is 0 Å². The van der Waals surface area contributed by atoms with Crippen molar-refractivity contribution in [1.29, 1.82) is 0 Å². The third-order valence-electron chi connectivity index (χ3n) is 3.43. The summed E-state index contributed by atoms with van der Waals surface area (Å²) in [5.41, 5.74) is 3.53. The molecule has 2 aromatic rings. The topological polar surface area (TPSA) is 37.3 Å². The van der Waals surface area contributed by atoms with Crippen LogP contribution in [0.1, 0.15) is 23.6 Å². The van der Waals surface area contributed by atoms with Gasteiger partial charge in [0.05, 0.1) is 0 Å². The highest BCUT2D eigenvalue weighted by atomic mass is 32.2. The van der Waals surface area contributed by atoms with Gasteiger partial charge in [-0.2, -0.15) is 0 Å². The van der Waals surface area contributed by atoms with Crippen LogP contribution in [0.15, 0.2) is 53.4 Å². The Kier molecular flexibility index (Phi) is 5.45. The van der Waals surface area contributed by atoms with E-state index in [0.717, 1.165) is 16.9 Å². The lowest BCUT2D eigenvalue weighted by molar-refractivity contribution is -0.136. The number of carboxylic acid groups (broad SMARTS) is 1. The van der Waals surface area contributed by atoms with Crippen LogP contribution in [0, 0.1) is 6.92 Å². The van der Waals surface area contributed by atoms with E-state index in [1.165, 1.54) is 22.9 Å². The average Bonchev–Trinajstić information content (AvgIpc) is 2.49. The predicted octanol–water partition coefficient (Wildman–Crippen LogP) is 4.35. The summed E-state index contributed by atoms with van der Waals surface area (Å²) in [4.78, 5) is 12.5. The number of hydrogen-bond acceptors (Lipinski definition) is 2. The highest BCUT2D eigenvalue weighted by Gasteiger charge is 2.19. The van der Waals surface area contributed by atoms with E-state index in [0.29, 0.717) is 6.42 Å². The van der Waals surface area contributed by atoms with Crippen LogP contribution in [0.25, 0.3) is 0 Å². The van der Waals surface area contributed by atoms with Crippen molar-refractivity contribution < 1.29 is 9.90 Å². The number of aliphatic carboxylic acids is 1. The highest BCUT2D eigenvalue weighted by molar-refractivity contribution is 8.00. The minimum absolute atomic E-state index is 0.458. The maximum absolute atomic E-state index is 11.5. The number of thioether (sulfide) groups is 1. The second-order valence-electron chi connectivity index (χ2n) is 5.13. The van der Waals surface area contributed by atoms with E-state index < -0.39 is 11.2 Å². The number of carbonyl (C=O) groups is 1. The second-order valence-corrected chi connectivity index (χ2v) is 6.41. The fourth-order valence-corrected chi connectivity index (χ4v) is 3.08. The molecular weight excluding hydrogens is 280 g/mol. The molecule has 0 radical (unpaired) electrons. The standard InChI is InChI=1S/C18H20O2S/c1-3-14-6-8-15(9-7-14)12-17(18(19)20)21-16-10-4-13(2)5-11-16/h4-11,17H,3,12H2,1-2H3,(H,19,20)/t17-/m0/s1. The van der Waals surface area contributed by atoms with Crippen molar-refractivity contribution in [2.75, 3.05) is 0 Å². The summed E-state index contributed by atoms with van der Waals surface area (Å²) in [6.07, 6.45) is 1.54. The summed E-state index contributed by atoms with van der Waals surface area (Å²) in [7, 11) is 0. The van der Waals surface area contributed by atoms with Gasteiger partial charge in [-0.25, -0.2) is 0 Å². The first-order chi connectivity index (χ1) is 10.1. The minimum Gasteiger partial charge on any atom is -0.480 e. The lowest BCUT2D eigenvalue weighted by Gasteiger charge is -2.12. The zero-order valence-electron chi connectivity index (χ0n) is 12.4. The van der Waals surface area contributed by atoms with Crippen LogP contribution in [0.2, 0.25) is 0 Å². The van der Waals surface area contributed by atoms with Gasteiger partial charge in [-0.05, 0) is 43.0 Å². The Morgan fingerprint density at radius 2 is 1.62 bits per heavy atom. The zero-order chi connectivity index (χ0) is 15.2. The van der Waals surface area contributed by atoms with Gasteiger partial charge in [0.25, 0.3) is 0 Å². The van der Waals surface area contributed by atoms with Gasteiger partial charge in [0.15, 0.2) is 0 Å². The molecule has 0 spiro atoms. The molecular formula is C18H20O2S. The number of benzene rings is 2. The molecule has 3 heteroatoms. The van der Waals surface area contributed by atoms with Gasteiger partial charge in [-0.15, -0.1) is 11.8 Å². The van der Waals surface area contributed by atoms with Crippen molar-refractivity contribution in [2.45, 2.75) is 36.8 Å².